The van der Waals surface area contributed by atoms with Crippen LogP contribution in [0.15, 0.2) is 36.4 Å². The maximum atomic E-state index is 13.9. The fraction of sp³-hybridized carbons (Fsp3) is 0.613. The number of nitrogens with one attached hydrogen (secondary N) is 1. The number of rotatable bonds is 9. The van der Waals surface area contributed by atoms with Crippen molar-refractivity contribution in [3.8, 4) is 17.0 Å². The predicted octanol–water partition coefficient (Wildman–Crippen LogP) is 3.76. The lowest BCUT2D eigenvalue weighted by Crippen LogP contribution is -2.58. The van der Waals surface area contributed by atoms with E-state index in [9.17, 15) is 4.79 Å². The fourth-order valence-electron chi connectivity index (χ4n) is 6.33. The van der Waals surface area contributed by atoms with E-state index in [0.717, 1.165) is 56.2 Å². The minimum atomic E-state index is -0.0985. The van der Waals surface area contributed by atoms with Gasteiger partial charge in [-0.15, -0.1) is 0 Å². The molecule has 3 fully saturated rings. The Labute approximate surface area is 238 Å². The number of hydrogen-bond acceptors (Lipinski definition) is 8. The van der Waals surface area contributed by atoms with E-state index in [-0.39, 0.29) is 17.6 Å². The number of para-hydroxylation sites is 1. The second kappa shape index (κ2) is 13.8. The van der Waals surface area contributed by atoms with Crippen LogP contribution in [-0.4, -0.2) is 101 Å². The first-order valence-corrected chi connectivity index (χ1v) is 14.8. The first-order chi connectivity index (χ1) is 19.6. The lowest BCUT2D eigenvalue weighted by molar-refractivity contribution is -0.0837. The third kappa shape index (κ3) is 6.77. The Hall–Kier alpha value is -2.72. The standard InChI is InChI=1S/C31H44N4O5/c1-34(21-24-22-39-19-20-40-24)29-26(11-12-27(33-29)25-9-5-6-10-28(25)37-2)30(36)32-23-31(13-7-3-4-8-14-31)35-15-17-38-18-16-35/h5-6,9-12,24H,3-4,7-8,13-23H2,1-2H3,(H,32,36). The smallest absolute Gasteiger partial charge is 0.255 e. The Morgan fingerprint density at radius 1 is 1.05 bits per heavy atom. The van der Waals surface area contributed by atoms with Gasteiger partial charge in [-0.25, -0.2) is 4.98 Å². The second-order valence-corrected chi connectivity index (χ2v) is 11.1. The zero-order valence-electron chi connectivity index (χ0n) is 24.0. The zero-order valence-corrected chi connectivity index (χ0v) is 24.0. The number of aromatic nitrogens is 1. The molecule has 1 N–H and O–H groups in total. The number of likely N-dealkylation sites (N-methyl/N-ethyl adjacent to an activating group) is 1. The first kappa shape index (κ1) is 28.8. The summed E-state index contributed by atoms with van der Waals surface area (Å²) >= 11 is 0. The van der Waals surface area contributed by atoms with Gasteiger partial charge in [0.25, 0.3) is 5.91 Å². The van der Waals surface area contributed by atoms with Crippen molar-refractivity contribution in [1.82, 2.24) is 15.2 Å². The van der Waals surface area contributed by atoms with Crippen LogP contribution in [0, 0.1) is 0 Å². The number of nitrogens with zero attached hydrogens (tertiary/aromatic N) is 3. The molecule has 0 spiro atoms. The number of methoxy groups -OCH3 is 1. The highest BCUT2D eigenvalue weighted by atomic mass is 16.6. The van der Waals surface area contributed by atoms with Crippen molar-refractivity contribution in [1.29, 1.82) is 0 Å². The Morgan fingerprint density at radius 2 is 1.82 bits per heavy atom. The number of pyridine rings is 1. The summed E-state index contributed by atoms with van der Waals surface area (Å²) < 4.78 is 22.8. The zero-order chi connectivity index (χ0) is 27.8. The molecule has 3 heterocycles. The van der Waals surface area contributed by atoms with E-state index in [0.29, 0.717) is 44.3 Å². The molecule has 2 saturated heterocycles. The topological polar surface area (TPSA) is 85.4 Å². The van der Waals surface area contributed by atoms with Crippen LogP contribution in [0.3, 0.4) is 0 Å². The molecule has 2 aromatic rings. The van der Waals surface area contributed by atoms with E-state index in [2.05, 4.69) is 10.2 Å². The summed E-state index contributed by atoms with van der Waals surface area (Å²) in [5.74, 6) is 1.26. The number of amides is 1. The summed E-state index contributed by atoms with van der Waals surface area (Å²) in [6.07, 6.45) is 7.03. The number of benzene rings is 1. The Kier molecular flexibility index (Phi) is 9.91. The van der Waals surface area contributed by atoms with E-state index in [1.807, 2.05) is 48.3 Å². The monoisotopic (exact) mass is 552 g/mol. The molecule has 1 aromatic heterocycles. The van der Waals surface area contributed by atoms with Crippen molar-refractivity contribution in [2.24, 2.45) is 0 Å². The molecule has 9 heteroatoms. The minimum absolute atomic E-state index is 0.0277. The molecule has 3 aliphatic rings. The number of carbonyl (C=O) groups is 1. The van der Waals surface area contributed by atoms with E-state index < -0.39 is 0 Å². The summed E-state index contributed by atoms with van der Waals surface area (Å²) in [7, 11) is 3.62. The van der Waals surface area contributed by atoms with Crippen LogP contribution in [0.1, 0.15) is 48.9 Å². The summed E-state index contributed by atoms with van der Waals surface area (Å²) in [5, 5.41) is 3.35. The molecule has 218 valence electrons. The Balaban J connectivity index is 1.41. The summed E-state index contributed by atoms with van der Waals surface area (Å²) in [6, 6.07) is 11.6. The molecule has 40 heavy (non-hydrogen) atoms. The molecular formula is C31H44N4O5. The Bertz CT molecular complexity index is 1110. The fourth-order valence-corrected chi connectivity index (χ4v) is 6.33. The van der Waals surface area contributed by atoms with Gasteiger partial charge in [-0.2, -0.15) is 0 Å². The highest BCUT2D eigenvalue weighted by Crippen LogP contribution is 2.34. The van der Waals surface area contributed by atoms with Gasteiger partial charge in [0.05, 0.1) is 57.5 Å². The van der Waals surface area contributed by atoms with Crippen molar-refractivity contribution < 1.29 is 23.7 Å². The maximum absolute atomic E-state index is 13.9. The summed E-state index contributed by atoms with van der Waals surface area (Å²) in [6.45, 7) is 6.26. The summed E-state index contributed by atoms with van der Waals surface area (Å²) in [5.41, 5.74) is 2.17. The highest BCUT2D eigenvalue weighted by Gasteiger charge is 2.38. The van der Waals surface area contributed by atoms with Crippen molar-refractivity contribution in [2.45, 2.75) is 50.2 Å². The molecule has 1 aliphatic carbocycles. The number of anilines is 1. The molecule has 1 atom stereocenters. The van der Waals surface area contributed by atoms with E-state index in [1.54, 1.807) is 7.11 Å². The maximum Gasteiger partial charge on any atom is 0.255 e. The largest absolute Gasteiger partial charge is 0.496 e. The van der Waals surface area contributed by atoms with Crippen LogP contribution in [0.25, 0.3) is 11.3 Å². The van der Waals surface area contributed by atoms with Crippen LogP contribution < -0.4 is 15.0 Å². The van der Waals surface area contributed by atoms with Gasteiger partial charge in [0.15, 0.2) is 0 Å². The van der Waals surface area contributed by atoms with Gasteiger partial charge in [-0.05, 0) is 37.1 Å². The van der Waals surface area contributed by atoms with Crippen molar-refractivity contribution in [2.75, 3.05) is 78.3 Å². The highest BCUT2D eigenvalue weighted by molar-refractivity contribution is 5.99. The quantitative estimate of drug-likeness (QED) is 0.471. The van der Waals surface area contributed by atoms with Gasteiger partial charge in [-0.3, -0.25) is 9.69 Å². The molecular weight excluding hydrogens is 508 g/mol. The van der Waals surface area contributed by atoms with Crippen LogP contribution in [-0.2, 0) is 14.2 Å². The van der Waals surface area contributed by atoms with Gasteiger partial charge in [0, 0.05) is 44.3 Å². The van der Waals surface area contributed by atoms with Crippen LogP contribution in [0.5, 0.6) is 5.75 Å². The molecule has 5 rings (SSSR count). The third-order valence-corrected chi connectivity index (χ3v) is 8.52. The van der Waals surface area contributed by atoms with E-state index in [4.69, 9.17) is 23.9 Å². The van der Waals surface area contributed by atoms with Crippen molar-refractivity contribution in [3.05, 3.63) is 42.0 Å². The van der Waals surface area contributed by atoms with Gasteiger partial charge in [-0.1, -0.05) is 37.8 Å². The van der Waals surface area contributed by atoms with E-state index >= 15 is 0 Å². The average molecular weight is 553 g/mol. The molecule has 1 unspecified atom stereocenters. The number of hydrogen-bond donors (Lipinski definition) is 1. The van der Waals surface area contributed by atoms with Crippen LogP contribution in [0.2, 0.25) is 0 Å². The van der Waals surface area contributed by atoms with Gasteiger partial charge in [0.1, 0.15) is 11.6 Å². The normalized spacial score (nSPS) is 21.8. The number of carbonyl (C=O) groups excluding carboxylic acids is 1. The SMILES string of the molecule is COc1ccccc1-c1ccc(C(=O)NCC2(N3CCOCC3)CCCCCC2)c(N(C)CC2COCCO2)n1. The van der Waals surface area contributed by atoms with Gasteiger partial charge >= 0.3 is 0 Å². The molecule has 2 aliphatic heterocycles. The first-order valence-electron chi connectivity index (χ1n) is 14.8. The van der Waals surface area contributed by atoms with Crippen molar-refractivity contribution >= 4 is 11.7 Å². The molecule has 0 radical (unpaired) electrons. The molecule has 1 amide bonds. The van der Waals surface area contributed by atoms with Gasteiger partial charge in [0.2, 0.25) is 0 Å². The van der Waals surface area contributed by atoms with Gasteiger partial charge < -0.3 is 29.2 Å². The van der Waals surface area contributed by atoms with Crippen molar-refractivity contribution in [3.63, 3.8) is 0 Å². The van der Waals surface area contributed by atoms with Crippen LogP contribution >= 0.6 is 0 Å². The van der Waals surface area contributed by atoms with E-state index in [1.165, 1.54) is 25.7 Å². The predicted molar refractivity (Wildman–Crippen MR) is 155 cm³/mol. The molecule has 0 bridgehead atoms. The lowest BCUT2D eigenvalue weighted by Gasteiger charge is -2.45. The molecule has 1 aromatic carbocycles. The minimum Gasteiger partial charge on any atom is -0.496 e. The second-order valence-electron chi connectivity index (χ2n) is 11.1. The summed E-state index contributed by atoms with van der Waals surface area (Å²) in [4.78, 5) is 23.5. The van der Waals surface area contributed by atoms with Crippen LogP contribution in [0.4, 0.5) is 5.82 Å². The molecule has 1 saturated carbocycles. The average Bonchev–Trinajstić information content (AvgIpc) is 3.27. The molecule has 9 nitrogen and oxygen atoms in total. The third-order valence-electron chi connectivity index (χ3n) is 8.52. The number of ether oxygens (including phenoxy) is 4. The lowest BCUT2D eigenvalue weighted by atomic mass is 9.87. The Morgan fingerprint density at radius 3 is 2.55 bits per heavy atom. The number of morpholine rings is 1.